The Morgan fingerprint density at radius 2 is 2.00 bits per heavy atom. The van der Waals surface area contributed by atoms with Gasteiger partial charge in [-0.2, -0.15) is 0 Å². The Morgan fingerprint density at radius 3 is 2.53 bits per heavy atom. The van der Waals surface area contributed by atoms with E-state index < -0.39 is 0 Å². The number of allylic oxidation sites excluding steroid dienone is 1. The molecule has 15 heavy (non-hydrogen) atoms. The molecule has 0 aromatic heterocycles. The molecule has 1 fully saturated rings. The Morgan fingerprint density at radius 1 is 1.33 bits per heavy atom. The van der Waals surface area contributed by atoms with Crippen molar-refractivity contribution in [3.05, 3.63) is 12.7 Å². The number of rotatable bonds is 6. The maximum atomic E-state index is 3.82. The quantitative estimate of drug-likeness (QED) is 0.657. The van der Waals surface area contributed by atoms with Gasteiger partial charge in [-0.25, -0.2) is 0 Å². The van der Waals surface area contributed by atoms with Crippen molar-refractivity contribution in [3.8, 4) is 0 Å². The minimum absolute atomic E-state index is 0.737. The van der Waals surface area contributed by atoms with E-state index in [0.717, 1.165) is 30.8 Å². The van der Waals surface area contributed by atoms with Crippen molar-refractivity contribution in [1.29, 1.82) is 0 Å². The van der Waals surface area contributed by atoms with Gasteiger partial charge in [0.05, 0.1) is 0 Å². The predicted octanol–water partition coefficient (Wildman–Crippen LogP) is 3.76. The summed E-state index contributed by atoms with van der Waals surface area (Å²) >= 11 is 0. The maximum Gasteiger partial charge on any atom is 0.00981 e. The highest BCUT2D eigenvalue weighted by atomic mass is 14.9. The Kier molecular flexibility index (Phi) is 6.00. The molecule has 0 aromatic carbocycles. The van der Waals surface area contributed by atoms with Crippen LogP contribution in [-0.4, -0.2) is 12.6 Å². The first-order valence-electron chi connectivity index (χ1n) is 6.62. The Balaban J connectivity index is 2.36. The first-order valence-corrected chi connectivity index (χ1v) is 6.62. The molecular formula is C14H27N. The van der Waals surface area contributed by atoms with Crippen molar-refractivity contribution < 1.29 is 0 Å². The van der Waals surface area contributed by atoms with E-state index in [2.05, 4.69) is 31.8 Å². The number of hydrogen-bond donors (Lipinski definition) is 1. The zero-order chi connectivity index (χ0) is 11.1. The zero-order valence-electron chi connectivity index (χ0n) is 10.5. The van der Waals surface area contributed by atoms with Crippen molar-refractivity contribution in [2.24, 2.45) is 11.8 Å². The van der Waals surface area contributed by atoms with Gasteiger partial charge >= 0.3 is 0 Å². The van der Waals surface area contributed by atoms with E-state index in [-0.39, 0.29) is 0 Å². The lowest BCUT2D eigenvalue weighted by Gasteiger charge is -2.33. The highest BCUT2D eigenvalue weighted by Gasteiger charge is 2.24. The second kappa shape index (κ2) is 7.05. The average Bonchev–Trinajstić information content (AvgIpc) is 2.25. The highest BCUT2D eigenvalue weighted by molar-refractivity contribution is 4.83. The van der Waals surface area contributed by atoms with Crippen LogP contribution < -0.4 is 5.32 Å². The summed E-state index contributed by atoms with van der Waals surface area (Å²) in [6.45, 7) is 9.53. The smallest absolute Gasteiger partial charge is 0.00981 e. The van der Waals surface area contributed by atoms with Gasteiger partial charge in [-0.1, -0.05) is 32.8 Å². The highest BCUT2D eigenvalue weighted by Crippen LogP contribution is 2.31. The van der Waals surface area contributed by atoms with Gasteiger partial charge in [0.25, 0.3) is 0 Å². The molecule has 0 bridgehead atoms. The van der Waals surface area contributed by atoms with E-state index in [1.807, 2.05) is 0 Å². The summed E-state index contributed by atoms with van der Waals surface area (Å²) in [5.41, 5.74) is 0. The standard InChI is InChI=1S/C14H27N/c1-4-6-7-14(15-5-2)13-10-8-12(3)9-11-13/h4,12-15H,1,5-11H2,2-3H3. The molecule has 0 saturated heterocycles. The molecule has 0 amide bonds. The minimum Gasteiger partial charge on any atom is -0.314 e. The summed E-state index contributed by atoms with van der Waals surface area (Å²) in [4.78, 5) is 0. The van der Waals surface area contributed by atoms with Gasteiger partial charge in [-0.05, 0) is 44.1 Å². The molecule has 1 N–H and O–H groups in total. The van der Waals surface area contributed by atoms with Crippen LogP contribution in [0.5, 0.6) is 0 Å². The lowest BCUT2D eigenvalue weighted by molar-refractivity contribution is 0.225. The summed E-state index contributed by atoms with van der Waals surface area (Å²) in [6.07, 6.45) is 10.2. The third-order valence-electron chi connectivity index (χ3n) is 3.78. The largest absolute Gasteiger partial charge is 0.314 e. The van der Waals surface area contributed by atoms with E-state index in [1.165, 1.54) is 32.1 Å². The summed E-state index contributed by atoms with van der Waals surface area (Å²) < 4.78 is 0. The monoisotopic (exact) mass is 209 g/mol. The molecule has 0 heterocycles. The predicted molar refractivity (Wildman–Crippen MR) is 68.0 cm³/mol. The van der Waals surface area contributed by atoms with Gasteiger partial charge in [0.15, 0.2) is 0 Å². The van der Waals surface area contributed by atoms with Crippen LogP contribution in [0.25, 0.3) is 0 Å². The minimum atomic E-state index is 0.737. The van der Waals surface area contributed by atoms with Crippen molar-refractivity contribution in [2.75, 3.05) is 6.54 Å². The molecule has 0 aromatic rings. The third-order valence-corrected chi connectivity index (χ3v) is 3.78. The van der Waals surface area contributed by atoms with Crippen LogP contribution in [0.1, 0.15) is 52.4 Å². The van der Waals surface area contributed by atoms with Gasteiger partial charge in [-0.3, -0.25) is 0 Å². The van der Waals surface area contributed by atoms with Gasteiger partial charge in [0.2, 0.25) is 0 Å². The van der Waals surface area contributed by atoms with Gasteiger partial charge in [0.1, 0.15) is 0 Å². The van der Waals surface area contributed by atoms with Crippen LogP contribution in [0, 0.1) is 11.8 Å². The molecule has 1 unspecified atom stereocenters. The van der Waals surface area contributed by atoms with Crippen LogP contribution in [0.15, 0.2) is 12.7 Å². The fraction of sp³-hybridized carbons (Fsp3) is 0.857. The molecule has 0 aliphatic heterocycles. The van der Waals surface area contributed by atoms with Crippen molar-refractivity contribution in [3.63, 3.8) is 0 Å². The van der Waals surface area contributed by atoms with Crippen LogP contribution in [0.2, 0.25) is 0 Å². The molecular weight excluding hydrogens is 182 g/mol. The van der Waals surface area contributed by atoms with Gasteiger partial charge < -0.3 is 5.32 Å². The van der Waals surface area contributed by atoms with E-state index in [4.69, 9.17) is 0 Å². The number of hydrogen-bond acceptors (Lipinski definition) is 1. The molecule has 1 nitrogen and oxygen atoms in total. The van der Waals surface area contributed by atoms with Crippen LogP contribution in [0.4, 0.5) is 0 Å². The van der Waals surface area contributed by atoms with Crippen molar-refractivity contribution in [2.45, 2.75) is 58.4 Å². The molecule has 1 aliphatic rings. The summed E-state index contributed by atoms with van der Waals surface area (Å²) in [5, 5.41) is 3.65. The SMILES string of the molecule is C=CCCC(NCC)C1CCC(C)CC1. The molecule has 88 valence electrons. The topological polar surface area (TPSA) is 12.0 Å². The van der Waals surface area contributed by atoms with Crippen LogP contribution in [0.3, 0.4) is 0 Å². The van der Waals surface area contributed by atoms with E-state index in [9.17, 15) is 0 Å². The van der Waals surface area contributed by atoms with E-state index in [0.29, 0.717) is 0 Å². The second-order valence-corrected chi connectivity index (χ2v) is 5.05. The lowest BCUT2D eigenvalue weighted by Crippen LogP contribution is -2.37. The van der Waals surface area contributed by atoms with Crippen molar-refractivity contribution in [1.82, 2.24) is 5.32 Å². The van der Waals surface area contributed by atoms with Gasteiger partial charge in [0, 0.05) is 6.04 Å². The molecule has 1 aliphatic carbocycles. The Bertz CT molecular complexity index is 168. The van der Waals surface area contributed by atoms with Crippen molar-refractivity contribution >= 4 is 0 Å². The molecule has 1 saturated carbocycles. The summed E-state index contributed by atoms with van der Waals surface area (Å²) in [5.74, 6) is 1.88. The fourth-order valence-corrected chi connectivity index (χ4v) is 2.75. The summed E-state index contributed by atoms with van der Waals surface area (Å²) in [7, 11) is 0. The Labute approximate surface area is 95.3 Å². The molecule has 1 rings (SSSR count). The number of nitrogens with one attached hydrogen (secondary N) is 1. The maximum absolute atomic E-state index is 3.82. The second-order valence-electron chi connectivity index (χ2n) is 5.05. The van der Waals surface area contributed by atoms with Crippen LogP contribution >= 0.6 is 0 Å². The molecule has 1 atom stereocenters. The molecule has 1 heteroatoms. The molecule has 0 spiro atoms. The fourth-order valence-electron chi connectivity index (χ4n) is 2.75. The molecule has 0 radical (unpaired) electrons. The van der Waals surface area contributed by atoms with E-state index >= 15 is 0 Å². The first kappa shape index (κ1) is 12.8. The third kappa shape index (κ3) is 4.38. The van der Waals surface area contributed by atoms with E-state index in [1.54, 1.807) is 0 Å². The lowest BCUT2D eigenvalue weighted by atomic mass is 9.78. The Hall–Kier alpha value is -0.300. The normalized spacial score (nSPS) is 28.7. The first-order chi connectivity index (χ1) is 7.27. The zero-order valence-corrected chi connectivity index (χ0v) is 10.5. The average molecular weight is 209 g/mol. The van der Waals surface area contributed by atoms with Crippen LogP contribution in [-0.2, 0) is 0 Å². The van der Waals surface area contributed by atoms with Gasteiger partial charge in [-0.15, -0.1) is 6.58 Å². The summed E-state index contributed by atoms with van der Waals surface area (Å²) in [6, 6.07) is 0.737.